The van der Waals surface area contributed by atoms with Crippen LogP contribution in [0.1, 0.15) is 16.7 Å². The van der Waals surface area contributed by atoms with Gasteiger partial charge in [0.1, 0.15) is 17.0 Å². The molecule has 0 saturated heterocycles. The molecule has 6 heterocycles. The Balaban J connectivity index is 1.31. The van der Waals surface area contributed by atoms with E-state index in [9.17, 15) is 0 Å². The van der Waals surface area contributed by atoms with Crippen LogP contribution in [0.3, 0.4) is 0 Å². The summed E-state index contributed by atoms with van der Waals surface area (Å²) in [5.41, 5.74) is 11.1. The Morgan fingerprint density at radius 1 is 0.667 bits per heavy atom. The second-order valence-corrected chi connectivity index (χ2v) is 12.3. The van der Waals surface area contributed by atoms with E-state index in [1.54, 1.807) is 0 Å². The number of aryl methyl sites for hydroxylation is 1. The van der Waals surface area contributed by atoms with Gasteiger partial charge in [0, 0.05) is 28.5 Å². The third kappa shape index (κ3) is 2.63. The van der Waals surface area contributed by atoms with Gasteiger partial charge in [0.05, 0.1) is 12.4 Å². The van der Waals surface area contributed by atoms with Crippen LogP contribution in [0.4, 0.5) is 0 Å². The molecule has 0 aliphatic carbocycles. The Morgan fingerprint density at radius 3 is 2.42 bits per heavy atom. The number of pyridine rings is 1. The number of rotatable bonds is 2. The molecule has 210 valence electrons. The van der Waals surface area contributed by atoms with Crippen LogP contribution in [0.15, 0.2) is 140 Å². The Bertz CT molecular complexity index is 2590. The Hall–Kier alpha value is -5.94. The van der Waals surface area contributed by atoms with Gasteiger partial charge in [-0.25, -0.2) is 0 Å². The van der Waals surface area contributed by atoms with Gasteiger partial charge in [-0.3, -0.25) is 0 Å². The molecule has 3 aromatic heterocycles. The fourth-order valence-corrected chi connectivity index (χ4v) is 8.44. The second kappa shape index (κ2) is 7.96. The van der Waals surface area contributed by atoms with Crippen molar-refractivity contribution in [3.05, 3.63) is 157 Å². The van der Waals surface area contributed by atoms with E-state index in [1.165, 1.54) is 49.6 Å². The number of ether oxygens (including phenoxy) is 1. The van der Waals surface area contributed by atoms with Crippen LogP contribution in [0.2, 0.25) is 0 Å². The summed E-state index contributed by atoms with van der Waals surface area (Å²) in [5, 5.41) is 2.48. The molecular weight excluding hydrogens is 552 g/mol. The molecule has 1 spiro atoms. The molecule has 8 aromatic rings. The highest BCUT2D eigenvalue weighted by Crippen LogP contribution is 2.58. The summed E-state index contributed by atoms with van der Waals surface area (Å²) in [6, 6.07) is 43.7. The third-order valence-corrected chi connectivity index (χ3v) is 10.1. The maximum atomic E-state index is 7.20. The monoisotopic (exact) mass is 578 g/mol. The van der Waals surface area contributed by atoms with Crippen molar-refractivity contribution in [3.8, 4) is 45.3 Å². The van der Waals surface area contributed by atoms with Crippen molar-refractivity contribution in [2.75, 3.05) is 0 Å². The zero-order chi connectivity index (χ0) is 29.4. The van der Waals surface area contributed by atoms with Crippen molar-refractivity contribution in [1.29, 1.82) is 0 Å². The molecule has 1 unspecified atom stereocenters. The third-order valence-electron chi connectivity index (χ3n) is 10.1. The number of benzene rings is 5. The number of fused-ring (bicyclic) bond motifs is 7. The van der Waals surface area contributed by atoms with Gasteiger partial charge < -0.3 is 4.74 Å². The minimum atomic E-state index is -0.679. The van der Waals surface area contributed by atoms with Crippen molar-refractivity contribution in [3.63, 3.8) is 0 Å². The van der Waals surface area contributed by atoms with E-state index in [-0.39, 0.29) is 0 Å². The predicted octanol–water partition coefficient (Wildman–Crippen LogP) is 7.82. The van der Waals surface area contributed by atoms with E-state index < -0.39 is 5.66 Å². The average Bonchev–Trinajstić information content (AvgIpc) is 3.78. The molecule has 5 aromatic carbocycles. The quantitative estimate of drug-likeness (QED) is 0.192. The minimum absolute atomic E-state index is 0.679. The summed E-state index contributed by atoms with van der Waals surface area (Å²) in [5.74, 6) is 2.94. The van der Waals surface area contributed by atoms with Gasteiger partial charge in [-0.2, -0.15) is 9.13 Å². The van der Waals surface area contributed by atoms with Crippen molar-refractivity contribution in [2.24, 2.45) is 0 Å². The number of aromatic nitrogens is 4. The first-order valence-corrected chi connectivity index (χ1v) is 15.5. The molecule has 0 fully saturated rings. The van der Waals surface area contributed by atoms with E-state index in [2.05, 4.69) is 165 Å². The van der Waals surface area contributed by atoms with Crippen LogP contribution in [-0.2, 0) is 5.66 Å². The van der Waals surface area contributed by atoms with Gasteiger partial charge in [-0.1, -0.05) is 71.4 Å². The summed E-state index contributed by atoms with van der Waals surface area (Å²) in [6.45, 7) is 2.21. The number of para-hydroxylation sites is 1. The van der Waals surface area contributed by atoms with E-state index in [1.807, 2.05) is 0 Å². The smallest absolute Gasteiger partial charge is 0.397 e. The highest BCUT2D eigenvalue weighted by Gasteiger charge is 2.68. The zero-order valence-electron chi connectivity index (χ0n) is 24.5. The summed E-state index contributed by atoms with van der Waals surface area (Å²) >= 11 is 0. The molecule has 3 aliphatic rings. The molecule has 0 saturated carbocycles. The number of nitrogens with zero attached hydrogens (tertiary/aromatic N) is 4. The van der Waals surface area contributed by atoms with Gasteiger partial charge in [-0.05, 0) is 71.6 Å². The predicted molar refractivity (Wildman–Crippen MR) is 174 cm³/mol. The first kappa shape index (κ1) is 23.5. The zero-order valence-corrected chi connectivity index (χ0v) is 24.5. The van der Waals surface area contributed by atoms with E-state index in [0.29, 0.717) is 0 Å². The topological polar surface area (TPSA) is 26.8 Å². The van der Waals surface area contributed by atoms with Crippen LogP contribution >= 0.6 is 0 Å². The van der Waals surface area contributed by atoms with Crippen LogP contribution < -0.4 is 14.0 Å². The van der Waals surface area contributed by atoms with E-state index >= 15 is 0 Å². The Kier molecular flexibility index (Phi) is 4.16. The summed E-state index contributed by atoms with van der Waals surface area (Å²) < 4.78 is 16.8. The van der Waals surface area contributed by atoms with Gasteiger partial charge in [0.15, 0.2) is 22.4 Å². The lowest BCUT2D eigenvalue weighted by Crippen LogP contribution is -2.76. The number of hydrogen-bond donors (Lipinski definition) is 0. The molecule has 0 radical (unpaired) electrons. The van der Waals surface area contributed by atoms with Crippen molar-refractivity contribution in [1.82, 2.24) is 9.25 Å². The van der Waals surface area contributed by atoms with E-state index in [0.717, 1.165) is 34.1 Å². The minimum Gasteiger partial charge on any atom is -0.455 e. The molecular formula is C40H26N4O+2. The average molecular weight is 579 g/mol. The van der Waals surface area contributed by atoms with Crippen LogP contribution in [-0.4, -0.2) is 9.25 Å². The fourth-order valence-electron chi connectivity index (χ4n) is 8.44. The maximum Gasteiger partial charge on any atom is 0.397 e. The highest BCUT2D eigenvalue weighted by atomic mass is 16.5. The largest absolute Gasteiger partial charge is 0.455 e. The summed E-state index contributed by atoms with van der Waals surface area (Å²) in [7, 11) is 0. The van der Waals surface area contributed by atoms with E-state index in [4.69, 9.17) is 4.74 Å². The van der Waals surface area contributed by atoms with Crippen LogP contribution in [0.5, 0.6) is 11.5 Å². The summed E-state index contributed by atoms with van der Waals surface area (Å²) in [4.78, 5) is 0. The lowest BCUT2D eigenvalue weighted by atomic mass is 9.81. The van der Waals surface area contributed by atoms with Crippen molar-refractivity contribution >= 4 is 21.8 Å². The summed E-state index contributed by atoms with van der Waals surface area (Å²) in [6.07, 6.45) is 6.62. The van der Waals surface area contributed by atoms with Gasteiger partial charge in [0.25, 0.3) is 5.82 Å². The second-order valence-electron chi connectivity index (χ2n) is 12.3. The molecule has 3 aliphatic heterocycles. The first-order chi connectivity index (χ1) is 22.2. The molecule has 0 bridgehead atoms. The van der Waals surface area contributed by atoms with Gasteiger partial charge in [-0.15, -0.1) is 4.68 Å². The van der Waals surface area contributed by atoms with Crippen molar-refractivity contribution < 1.29 is 14.0 Å². The normalized spacial score (nSPS) is 16.4. The van der Waals surface area contributed by atoms with Crippen LogP contribution in [0.25, 0.3) is 55.6 Å². The SMILES string of the molecule is Cc1cc2c3c(c1-c1cccc(-c4ccccc4)c1)Oc1ccc4c5ccccc5n5c4c1C3([n+]1ccccc1-5)[n+]1cccn1-2. The fraction of sp³-hybridized carbons (Fsp3) is 0.0500. The van der Waals surface area contributed by atoms with Gasteiger partial charge in [0.2, 0.25) is 6.20 Å². The molecule has 11 rings (SSSR count). The first-order valence-electron chi connectivity index (χ1n) is 15.5. The lowest BCUT2D eigenvalue weighted by molar-refractivity contribution is -0.993. The maximum absolute atomic E-state index is 7.20. The Labute approximate surface area is 259 Å². The highest BCUT2D eigenvalue weighted by molar-refractivity contribution is 6.11. The molecule has 5 nitrogen and oxygen atoms in total. The molecule has 5 heteroatoms. The standard InChI is InChI=1S/C40H26N4O/c1-25-23-32-36-39(35(25)28-14-9-13-27(24-28)26-11-3-2-4-12-26)45-33-19-18-30-29-15-5-6-16-31(29)44-34-17-7-8-20-41(34)40(36,37(33)38(30)44)43-22-10-21-42(32)43/h2-24H,1H3/q+2. The van der Waals surface area contributed by atoms with Gasteiger partial charge >= 0.3 is 5.66 Å². The molecule has 45 heavy (non-hydrogen) atoms. The Morgan fingerprint density at radius 2 is 1.49 bits per heavy atom. The molecule has 1 atom stereocenters. The van der Waals surface area contributed by atoms with Crippen LogP contribution in [0, 0.1) is 6.92 Å². The lowest BCUT2D eigenvalue weighted by Gasteiger charge is -2.33. The van der Waals surface area contributed by atoms with Crippen molar-refractivity contribution in [2.45, 2.75) is 12.6 Å². The molecule has 0 amide bonds. The number of hydrogen-bond acceptors (Lipinski definition) is 1. The molecule has 0 N–H and O–H groups in total.